The number of hydrogen-bond acceptors (Lipinski definition) is 2. The molecule has 1 heterocycles. The molecule has 0 spiro atoms. The van der Waals surface area contributed by atoms with E-state index in [9.17, 15) is 4.39 Å². The van der Waals surface area contributed by atoms with Gasteiger partial charge in [-0.05, 0) is 41.5 Å². The number of rotatable bonds is 5. The summed E-state index contributed by atoms with van der Waals surface area (Å²) in [4.78, 5) is 4.21. The van der Waals surface area contributed by atoms with Crippen molar-refractivity contribution in [3.63, 3.8) is 0 Å². The summed E-state index contributed by atoms with van der Waals surface area (Å²) in [6, 6.07) is 16.4. The average molecular weight is 337 g/mol. The van der Waals surface area contributed by atoms with Crippen molar-refractivity contribution in [3.8, 4) is 5.69 Å². The Morgan fingerprint density at radius 2 is 1.80 bits per heavy atom. The van der Waals surface area contributed by atoms with Crippen LogP contribution >= 0.6 is 0 Å². The molecular weight excluding hydrogens is 317 g/mol. The smallest absolute Gasteiger partial charge is 0.191 e. The Balaban J connectivity index is 1.56. The summed E-state index contributed by atoms with van der Waals surface area (Å²) in [5.74, 6) is 0.456. The van der Waals surface area contributed by atoms with Gasteiger partial charge in [0.05, 0.1) is 5.69 Å². The Kier molecular flexibility index (Phi) is 5.41. The van der Waals surface area contributed by atoms with Crippen LogP contribution in [0.25, 0.3) is 5.69 Å². The molecule has 3 rings (SSSR count). The van der Waals surface area contributed by atoms with E-state index in [4.69, 9.17) is 0 Å². The minimum atomic E-state index is -0.233. The fourth-order valence-electron chi connectivity index (χ4n) is 2.42. The fraction of sp³-hybridized carbons (Fsp3) is 0.158. The minimum absolute atomic E-state index is 0.233. The number of nitrogens with one attached hydrogen (secondary N) is 2. The van der Waals surface area contributed by atoms with Gasteiger partial charge in [0, 0.05) is 32.5 Å². The zero-order chi connectivity index (χ0) is 17.5. The van der Waals surface area contributed by atoms with Crippen LogP contribution in [0.3, 0.4) is 0 Å². The van der Waals surface area contributed by atoms with Crippen LogP contribution in [0.5, 0.6) is 0 Å². The van der Waals surface area contributed by atoms with E-state index < -0.39 is 0 Å². The summed E-state index contributed by atoms with van der Waals surface area (Å²) in [6.45, 7) is 1.21. The molecule has 5 nitrogen and oxygen atoms in total. The Morgan fingerprint density at radius 3 is 2.48 bits per heavy atom. The van der Waals surface area contributed by atoms with Crippen molar-refractivity contribution < 1.29 is 4.39 Å². The highest BCUT2D eigenvalue weighted by atomic mass is 19.1. The van der Waals surface area contributed by atoms with Gasteiger partial charge in [-0.15, -0.1) is 0 Å². The Hall–Kier alpha value is -3.15. The van der Waals surface area contributed by atoms with Crippen LogP contribution in [0, 0.1) is 5.82 Å². The summed E-state index contributed by atoms with van der Waals surface area (Å²) < 4.78 is 14.8. The van der Waals surface area contributed by atoms with E-state index in [-0.39, 0.29) is 5.82 Å². The number of benzene rings is 2. The molecule has 0 saturated carbocycles. The van der Waals surface area contributed by atoms with E-state index in [2.05, 4.69) is 26.8 Å². The zero-order valence-corrected chi connectivity index (χ0v) is 14.0. The Labute approximate surface area is 146 Å². The van der Waals surface area contributed by atoms with Crippen molar-refractivity contribution in [1.29, 1.82) is 0 Å². The van der Waals surface area contributed by atoms with E-state index in [1.165, 1.54) is 12.1 Å². The molecule has 0 saturated heterocycles. The van der Waals surface area contributed by atoms with Gasteiger partial charge in [-0.1, -0.05) is 24.3 Å². The lowest BCUT2D eigenvalue weighted by Crippen LogP contribution is -2.36. The highest BCUT2D eigenvalue weighted by Gasteiger charge is 2.02. The first-order valence-electron chi connectivity index (χ1n) is 8.02. The second-order valence-electron chi connectivity index (χ2n) is 5.53. The molecule has 25 heavy (non-hydrogen) atoms. The van der Waals surface area contributed by atoms with Crippen LogP contribution in [0.15, 0.2) is 72.0 Å². The second kappa shape index (κ2) is 8.10. The lowest BCUT2D eigenvalue weighted by molar-refractivity contribution is 0.626. The Bertz CT molecular complexity index is 825. The number of halogens is 1. The molecule has 0 fully saturated rings. The summed E-state index contributed by atoms with van der Waals surface area (Å²) >= 11 is 0. The summed E-state index contributed by atoms with van der Waals surface area (Å²) in [5.41, 5.74) is 3.13. The zero-order valence-electron chi connectivity index (χ0n) is 14.0. The molecule has 2 aromatic carbocycles. The molecule has 0 aliphatic carbocycles. The lowest BCUT2D eigenvalue weighted by Gasteiger charge is -2.12. The normalized spacial score (nSPS) is 11.4. The predicted molar refractivity (Wildman–Crippen MR) is 97.0 cm³/mol. The van der Waals surface area contributed by atoms with Gasteiger partial charge < -0.3 is 10.6 Å². The average Bonchev–Trinajstić information content (AvgIpc) is 3.18. The number of aliphatic imine (C=N–C) groups is 1. The first-order chi connectivity index (χ1) is 12.2. The van der Waals surface area contributed by atoms with E-state index in [0.29, 0.717) is 19.0 Å². The first-order valence-corrected chi connectivity index (χ1v) is 8.02. The maximum atomic E-state index is 12.9. The molecule has 128 valence electrons. The van der Waals surface area contributed by atoms with Crippen LogP contribution in [0.4, 0.5) is 4.39 Å². The van der Waals surface area contributed by atoms with E-state index in [1.54, 1.807) is 25.4 Å². The lowest BCUT2D eigenvalue weighted by atomic mass is 10.2. The Morgan fingerprint density at radius 1 is 1.04 bits per heavy atom. The molecule has 2 N–H and O–H groups in total. The molecule has 1 aromatic heterocycles. The number of aromatic nitrogens is 2. The fourth-order valence-corrected chi connectivity index (χ4v) is 2.42. The van der Waals surface area contributed by atoms with Crippen molar-refractivity contribution in [3.05, 3.63) is 83.9 Å². The molecule has 0 amide bonds. The van der Waals surface area contributed by atoms with E-state index in [1.807, 2.05) is 35.1 Å². The van der Waals surface area contributed by atoms with Crippen LogP contribution in [0.1, 0.15) is 11.1 Å². The summed E-state index contributed by atoms with van der Waals surface area (Å²) in [6.07, 6.45) is 3.67. The molecule has 0 bridgehead atoms. The second-order valence-corrected chi connectivity index (χ2v) is 5.53. The van der Waals surface area contributed by atoms with Crippen molar-refractivity contribution in [2.24, 2.45) is 4.99 Å². The molecule has 0 atom stereocenters. The highest BCUT2D eigenvalue weighted by Crippen LogP contribution is 2.09. The largest absolute Gasteiger partial charge is 0.352 e. The number of nitrogens with zero attached hydrogens (tertiary/aromatic N) is 3. The van der Waals surface area contributed by atoms with Gasteiger partial charge in [-0.25, -0.2) is 9.07 Å². The molecule has 0 aliphatic rings. The molecule has 6 heteroatoms. The van der Waals surface area contributed by atoms with Gasteiger partial charge in [0.2, 0.25) is 0 Å². The minimum Gasteiger partial charge on any atom is -0.352 e. The van der Waals surface area contributed by atoms with Crippen molar-refractivity contribution in [1.82, 2.24) is 20.4 Å². The topological polar surface area (TPSA) is 54.2 Å². The van der Waals surface area contributed by atoms with Crippen LogP contribution < -0.4 is 10.6 Å². The van der Waals surface area contributed by atoms with Crippen LogP contribution in [-0.4, -0.2) is 22.8 Å². The van der Waals surface area contributed by atoms with Gasteiger partial charge in [0.1, 0.15) is 5.82 Å². The van der Waals surface area contributed by atoms with Gasteiger partial charge in [0.15, 0.2) is 5.96 Å². The monoisotopic (exact) mass is 337 g/mol. The molecule has 0 unspecified atom stereocenters. The third-order valence-corrected chi connectivity index (χ3v) is 3.74. The van der Waals surface area contributed by atoms with Gasteiger partial charge in [-0.3, -0.25) is 4.99 Å². The molecule has 3 aromatic rings. The quantitative estimate of drug-likeness (QED) is 0.556. The summed E-state index contributed by atoms with van der Waals surface area (Å²) in [7, 11) is 1.72. The van der Waals surface area contributed by atoms with E-state index >= 15 is 0 Å². The third-order valence-electron chi connectivity index (χ3n) is 3.74. The molecule has 0 radical (unpaired) electrons. The van der Waals surface area contributed by atoms with Gasteiger partial charge >= 0.3 is 0 Å². The maximum Gasteiger partial charge on any atom is 0.191 e. The van der Waals surface area contributed by atoms with Crippen molar-refractivity contribution in [2.75, 3.05) is 7.05 Å². The number of hydrogen-bond donors (Lipinski definition) is 2. The number of guanidine groups is 1. The molecular formula is C19H20FN5. The van der Waals surface area contributed by atoms with Crippen LogP contribution in [-0.2, 0) is 13.1 Å². The van der Waals surface area contributed by atoms with E-state index in [0.717, 1.165) is 16.8 Å². The van der Waals surface area contributed by atoms with Gasteiger partial charge in [-0.2, -0.15) is 5.10 Å². The highest BCUT2D eigenvalue weighted by molar-refractivity contribution is 5.79. The SMILES string of the molecule is CN=C(NCc1ccc(F)cc1)NCc1cccc(-n2cccn2)c1. The molecule has 0 aliphatic heterocycles. The third kappa shape index (κ3) is 4.67. The van der Waals surface area contributed by atoms with Crippen LogP contribution in [0.2, 0.25) is 0 Å². The standard InChI is InChI=1S/C19H20FN5/c1-21-19(22-13-15-6-8-17(20)9-7-15)23-14-16-4-2-5-18(12-16)25-11-3-10-24-25/h2-12H,13-14H2,1H3,(H2,21,22,23). The maximum absolute atomic E-state index is 12.9. The summed E-state index contributed by atoms with van der Waals surface area (Å²) in [5, 5.41) is 10.7. The van der Waals surface area contributed by atoms with Gasteiger partial charge in [0.25, 0.3) is 0 Å². The predicted octanol–water partition coefficient (Wildman–Crippen LogP) is 2.88. The van der Waals surface area contributed by atoms with Crippen molar-refractivity contribution >= 4 is 5.96 Å². The van der Waals surface area contributed by atoms with Crippen molar-refractivity contribution in [2.45, 2.75) is 13.1 Å². The first kappa shape index (κ1) is 16.7.